The van der Waals surface area contributed by atoms with Gasteiger partial charge < -0.3 is 10.1 Å². The molecule has 1 amide bonds. The number of methoxy groups -OCH3 is 1. The molecule has 1 aliphatic rings. The van der Waals surface area contributed by atoms with Crippen molar-refractivity contribution in [1.29, 1.82) is 0 Å². The molecule has 0 aromatic heterocycles. The molecule has 0 radical (unpaired) electrons. The third-order valence-corrected chi connectivity index (χ3v) is 2.90. The summed E-state index contributed by atoms with van der Waals surface area (Å²) >= 11 is 0. The Morgan fingerprint density at radius 2 is 2.38 bits per heavy atom. The van der Waals surface area contributed by atoms with Crippen molar-refractivity contribution in [2.75, 3.05) is 7.11 Å². The van der Waals surface area contributed by atoms with E-state index in [1.165, 1.54) is 17.2 Å². The van der Waals surface area contributed by atoms with Crippen molar-refractivity contribution in [3.05, 3.63) is 42.0 Å². The van der Waals surface area contributed by atoms with Gasteiger partial charge in [0.2, 0.25) is 5.91 Å². The van der Waals surface area contributed by atoms with Gasteiger partial charge in [0.25, 0.3) is 0 Å². The van der Waals surface area contributed by atoms with Crippen LogP contribution in [0.25, 0.3) is 0 Å². The highest BCUT2D eigenvalue weighted by Gasteiger charge is 2.24. The van der Waals surface area contributed by atoms with Crippen molar-refractivity contribution in [3.63, 3.8) is 0 Å². The molecule has 16 heavy (non-hydrogen) atoms. The molecule has 3 nitrogen and oxygen atoms in total. The van der Waals surface area contributed by atoms with Crippen molar-refractivity contribution < 1.29 is 9.53 Å². The first-order valence-corrected chi connectivity index (χ1v) is 5.32. The lowest BCUT2D eigenvalue weighted by atomic mass is 10.1. The molecular formula is C13H15NO2. The quantitative estimate of drug-likeness (QED) is 0.778. The van der Waals surface area contributed by atoms with Crippen LogP contribution < -0.4 is 10.1 Å². The van der Waals surface area contributed by atoms with E-state index in [0.717, 1.165) is 18.6 Å². The van der Waals surface area contributed by atoms with E-state index in [1.54, 1.807) is 7.11 Å². The Hall–Kier alpha value is -1.77. The first-order chi connectivity index (χ1) is 7.74. The zero-order valence-electron chi connectivity index (χ0n) is 9.32. The predicted molar refractivity (Wildman–Crippen MR) is 62.5 cm³/mol. The van der Waals surface area contributed by atoms with E-state index in [4.69, 9.17) is 4.74 Å². The Bertz CT molecular complexity index is 426. The second-order valence-electron chi connectivity index (χ2n) is 3.92. The lowest BCUT2D eigenvalue weighted by molar-refractivity contribution is -0.117. The number of rotatable bonds is 3. The Labute approximate surface area is 95.1 Å². The summed E-state index contributed by atoms with van der Waals surface area (Å²) in [5.74, 6) is 0.796. The minimum atomic E-state index is -0.114. The van der Waals surface area contributed by atoms with Gasteiger partial charge >= 0.3 is 0 Å². The SMILES string of the molecule is C=CC(=O)NC1Cc2cccc(OC)c2C1. The van der Waals surface area contributed by atoms with E-state index in [9.17, 15) is 4.79 Å². The van der Waals surface area contributed by atoms with Gasteiger partial charge in [0.05, 0.1) is 7.11 Å². The maximum absolute atomic E-state index is 11.2. The predicted octanol–water partition coefficient (Wildman–Crippen LogP) is 1.46. The number of nitrogens with one attached hydrogen (secondary N) is 1. The highest BCUT2D eigenvalue weighted by molar-refractivity contribution is 5.87. The number of carbonyl (C=O) groups excluding carboxylic acids is 1. The average molecular weight is 217 g/mol. The zero-order valence-corrected chi connectivity index (χ0v) is 9.32. The van der Waals surface area contributed by atoms with E-state index in [-0.39, 0.29) is 11.9 Å². The number of fused-ring (bicyclic) bond motifs is 1. The van der Waals surface area contributed by atoms with Gasteiger partial charge in [-0.15, -0.1) is 0 Å². The molecule has 0 heterocycles. The molecule has 0 spiro atoms. The van der Waals surface area contributed by atoms with Crippen molar-refractivity contribution in [3.8, 4) is 5.75 Å². The average Bonchev–Trinajstić information content (AvgIpc) is 2.70. The summed E-state index contributed by atoms with van der Waals surface area (Å²) in [6, 6.07) is 6.18. The molecule has 84 valence electrons. The summed E-state index contributed by atoms with van der Waals surface area (Å²) in [5, 5.41) is 2.91. The molecule has 0 saturated heterocycles. The van der Waals surface area contributed by atoms with E-state index >= 15 is 0 Å². The second kappa shape index (κ2) is 4.39. The third-order valence-electron chi connectivity index (χ3n) is 2.90. The van der Waals surface area contributed by atoms with Gasteiger partial charge in [-0.1, -0.05) is 18.7 Å². The largest absolute Gasteiger partial charge is 0.496 e. The Balaban J connectivity index is 2.14. The minimum Gasteiger partial charge on any atom is -0.496 e. The number of carbonyl (C=O) groups is 1. The van der Waals surface area contributed by atoms with Crippen LogP contribution in [-0.4, -0.2) is 19.1 Å². The van der Waals surface area contributed by atoms with Gasteiger partial charge in [0, 0.05) is 6.04 Å². The Morgan fingerprint density at radius 1 is 1.56 bits per heavy atom. The standard InChI is InChI=1S/C13H15NO2/c1-3-13(15)14-10-7-9-5-4-6-12(16-2)11(9)8-10/h3-6,10H,1,7-8H2,2H3,(H,14,15). The molecule has 1 aromatic carbocycles. The number of benzene rings is 1. The fourth-order valence-electron chi connectivity index (χ4n) is 2.17. The molecule has 0 aliphatic heterocycles. The van der Waals surface area contributed by atoms with Crippen LogP contribution in [0.3, 0.4) is 0 Å². The van der Waals surface area contributed by atoms with Gasteiger partial charge in [-0.3, -0.25) is 4.79 Å². The van der Waals surface area contributed by atoms with Gasteiger partial charge in [0.15, 0.2) is 0 Å². The fourth-order valence-corrected chi connectivity index (χ4v) is 2.17. The molecule has 1 atom stereocenters. The van der Waals surface area contributed by atoms with Gasteiger partial charge in [0.1, 0.15) is 5.75 Å². The normalized spacial score (nSPS) is 17.7. The fraction of sp³-hybridized carbons (Fsp3) is 0.308. The molecule has 1 unspecified atom stereocenters. The Kier molecular flexibility index (Phi) is 2.95. The highest BCUT2D eigenvalue weighted by atomic mass is 16.5. The van der Waals surface area contributed by atoms with Crippen molar-refractivity contribution >= 4 is 5.91 Å². The summed E-state index contributed by atoms with van der Waals surface area (Å²) in [7, 11) is 1.67. The maximum Gasteiger partial charge on any atom is 0.243 e. The van der Waals surface area contributed by atoms with Crippen LogP contribution in [0.5, 0.6) is 5.75 Å². The maximum atomic E-state index is 11.2. The molecule has 1 aliphatic carbocycles. The van der Waals surface area contributed by atoms with Gasteiger partial charge in [-0.25, -0.2) is 0 Å². The molecule has 1 N–H and O–H groups in total. The lowest BCUT2D eigenvalue weighted by Gasteiger charge is -2.09. The second-order valence-corrected chi connectivity index (χ2v) is 3.92. The van der Waals surface area contributed by atoms with Crippen LogP contribution in [0.1, 0.15) is 11.1 Å². The number of amides is 1. The monoisotopic (exact) mass is 217 g/mol. The lowest BCUT2D eigenvalue weighted by Crippen LogP contribution is -2.33. The molecular weight excluding hydrogens is 202 g/mol. The van der Waals surface area contributed by atoms with Crippen LogP contribution >= 0.6 is 0 Å². The van der Waals surface area contributed by atoms with Gasteiger partial charge in [-0.05, 0) is 36.1 Å². The molecule has 2 rings (SSSR count). The first kappa shape index (κ1) is 10.7. The first-order valence-electron chi connectivity index (χ1n) is 5.32. The summed E-state index contributed by atoms with van der Waals surface area (Å²) in [6.07, 6.45) is 3.01. The smallest absolute Gasteiger partial charge is 0.243 e. The number of hydrogen-bond acceptors (Lipinski definition) is 2. The summed E-state index contributed by atoms with van der Waals surface area (Å²) in [5.41, 5.74) is 2.47. The third kappa shape index (κ3) is 1.94. The zero-order chi connectivity index (χ0) is 11.5. The van der Waals surface area contributed by atoms with E-state index < -0.39 is 0 Å². The summed E-state index contributed by atoms with van der Waals surface area (Å²) in [4.78, 5) is 11.2. The van der Waals surface area contributed by atoms with Crippen molar-refractivity contribution in [2.45, 2.75) is 18.9 Å². The number of hydrogen-bond donors (Lipinski definition) is 1. The van der Waals surface area contributed by atoms with Crippen LogP contribution in [0.2, 0.25) is 0 Å². The van der Waals surface area contributed by atoms with E-state index in [1.807, 2.05) is 12.1 Å². The molecule has 0 bridgehead atoms. The van der Waals surface area contributed by atoms with Crippen LogP contribution in [0.4, 0.5) is 0 Å². The van der Waals surface area contributed by atoms with Crippen LogP contribution in [-0.2, 0) is 17.6 Å². The highest BCUT2D eigenvalue weighted by Crippen LogP contribution is 2.30. The topological polar surface area (TPSA) is 38.3 Å². The van der Waals surface area contributed by atoms with Crippen LogP contribution in [0, 0.1) is 0 Å². The minimum absolute atomic E-state index is 0.114. The van der Waals surface area contributed by atoms with E-state index in [2.05, 4.69) is 18.0 Å². The van der Waals surface area contributed by atoms with Gasteiger partial charge in [-0.2, -0.15) is 0 Å². The summed E-state index contributed by atoms with van der Waals surface area (Å²) < 4.78 is 5.30. The molecule has 0 fully saturated rings. The Morgan fingerprint density at radius 3 is 3.06 bits per heavy atom. The van der Waals surface area contributed by atoms with Crippen molar-refractivity contribution in [1.82, 2.24) is 5.32 Å². The van der Waals surface area contributed by atoms with E-state index in [0.29, 0.717) is 0 Å². The number of ether oxygens (including phenoxy) is 1. The molecule has 1 aromatic rings. The molecule has 3 heteroatoms. The van der Waals surface area contributed by atoms with Crippen LogP contribution in [0.15, 0.2) is 30.9 Å². The molecule has 0 saturated carbocycles. The summed E-state index contributed by atoms with van der Waals surface area (Å²) in [6.45, 7) is 3.45. The van der Waals surface area contributed by atoms with Crippen molar-refractivity contribution in [2.24, 2.45) is 0 Å².